The third-order valence-electron chi connectivity index (χ3n) is 3.43. The number of rotatable bonds is 1. The topological polar surface area (TPSA) is 32.3 Å². The van der Waals surface area contributed by atoms with Crippen molar-refractivity contribution in [1.82, 2.24) is 10.2 Å². The summed E-state index contributed by atoms with van der Waals surface area (Å²) in [6.45, 7) is 6.36. The third-order valence-corrected chi connectivity index (χ3v) is 3.43. The molecule has 3 heteroatoms. The Morgan fingerprint density at radius 1 is 1.43 bits per heavy atom. The van der Waals surface area contributed by atoms with Gasteiger partial charge in [-0.25, -0.2) is 0 Å². The molecule has 80 valence electrons. The Morgan fingerprint density at radius 2 is 2.21 bits per heavy atom. The number of amides is 1. The van der Waals surface area contributed by atoms with Crippen LogP contribution in [0.1, 0.15) is 33.1 Å². The van der Waals surface area contributed by atoms with Crippen molar-refractivity contribution < 1.29 is 4.79 Å². The fourth-order valence-corrected chi connectivity index (χ4v) is 2.70. The van der Waals surface area contributed by atoms with Crippen molar-refractivity contribution >= 4 is 5.91 Å². The Kier molecular flexibility index (Phi) is 2.77. The van der Waals surface area contributed by atoms with Gasteiger partial charge in [-0.1, -0.05) is 6.92 Å². The van der Waals surface area contributed by atoms with Crippen molar-refractivity contribution in [3.05, 3.63) is 0 Å². The molecular weight excluding hydrogens is 176 g/mol. The van der Waals surface area contributed by atoms with Crippen LogP contribution < -0.4 is 5.32 Å². The van der Waals surface area contributed by atoms with Gasteiger partial charge >= 0.3 is 0 Å². The summed E-state index contributed by atoms with van der Waals surface area (Å²) in [7, 11) is 0. The summed E-state index contributed by atoms with van der Waals surface area (Å²) in [6, 6.07) is 0.558. The van der Waals surface area contributed by atoms with E-state index in [-0.39, 0.29) is 6.04 Å². The molecule has 0 aromatic carbocycles. The molecule has 2 saturated heterocycles. The van der Waals surface area contributed by atoms with E-state index in [1.807, 2.05) is 0 Å². The summed E-state index contributed by atoms with van der Waals surface area (Å²) in [4.78, 5) is 14.1. The summed E-state index contributed by atoms with van der Waals surface area (Å²) in [5.74, 6) is 1.01. The molecule has 0 aromatic rings. The molecule has 3 atom stereocenters. The Bertz CT molecular complexity index is 223. The van der Waals surface area contributed by atoms with Gasteiger partial charge in [-0.15, -0.1) is 0 Å². The van der Waals surface area contributed by atoms with Crippen molar-refractivity contribution in [3.63, 3.8) is 0 Å². The van der Waals surface area contributed by atoms with E-state index < -0.39 is 0 Å². The fourth-order valence-electron chi connectivity index (χ4n) is 2.70. The minimum atomic E-state index is 0.114. The van der Waals surface area contributed by atoms with Crippen LogP contribution in [-0.4, -0.2) is 36.0 Å². The molecule has 2 fully saturated rings. The molecule has 0 bridgehead atoms. The maximum Gasteiger partial charge on any atom is 0.239 e. The number of carbonyl (C=O) groups is 1. The smallest absolute Gasteiger partial charge is 0.239 e. The maximum absolute atomic E-state index is 12.1. The zero-order valence-corrected chi connectivity index (χ0v) is 9.12. The zero-order valence-electron chi connectivity index (χ0n) is 9.12. The fraction of sp³-hybridized carbons (Fsp3) is 0.909. The Morgan fingerprint density at radius 3 is 2.71 bits per heavy atom. The Hall–Kier alpha value is -0.570. The van der Waals surface area contributed by atoms with Crippen LogP contribution >= 0.6 is 0 Å². The molecule has 1 amide bonds. The molecule has 3 nitrogen and oxygen atoms in total. The predicted molar refractivity (Wildman–Crippen MR) is 56.0 cm³/mol. The van der Waals surface area contributed by atoms with Gasteiger partial charge in [0.25, 0.3) is 0 Å². The largest absolute Gasteiger partial charge is 0.338 e. The average Bonchev–Trinajstić information content (AvgIpc) is 2.73. The summed E-state index contributed by atoms with van der Waals surface area (Å²) in [5.41, 5.74) is 0. The SMILES string of the molecule is CC1CC(C)N(C(=O)C2CCCN2)C1. The molecule has 0 aliphatic carbocycles. The first-order chi connectivity index (χ1) is 6.68. The summed E-state index contributed by atoms with van der Waals surface area (Å²) >= 11 is 0. The van der Waals surface area contributed by atoms with E-state index in [4.69, 9.17) is 0 Å². The van der Waals surface area contributed by atoms with Crippen LogP contribution in [0.4, 0.5) is 0 Å². The molecule has 1 N–H and O–H groups in total. The van der Waals surface area contributed by atoms with Gasteiger partial charge in [0, 0.05) is 12.6 Å². The Labute approximate surface area is 85.8 Å². The first-order valence-electron chi connectivity index (χ1n) is 5.72. The van der Waals surface area contributed by atoms with Crippen molar-refractivity contribution in [1.29, 1.82) is 0 Å². The van der Waals surface area contributed by atoms with E-state index in [0.29, 0.717) is 17.9 Å². The van der Waals surface area contributed by atoms with E-state index in [1.165, 1.54) is 6.42 Å². The highest BCUT2D eigenvalue weighted by molar-refractivity contribution is 5.82. The lowest BCUT2D eigenvalue weighted by molar-refractivity contribution is -0.133. The standard InChI is InChI=1S/C11H20N2O/c1-8-6-9(2)13(7-8)11(14)10-4-3-5-12-10/h8-10,12H,3-7H2,1-2H3. The highest BCUT2D eigenvalue weighted by Crippen LogP contribution is 2.24. The molecule has 0 saturated carbocycles. The van der Waals surface area contributed by atoms with E-state index in [9.17, 15) is 4.79 Å². The zero-order chi connectivity index (χ0) is 10.1. The van der Waals surface area contributed by atoms with E-state index in [0.717, 1.165) is 25.9 Å². The Balaban J connectivity index is 1.96. The normalized spacial score (nSPS) is 37.9. The van der Waals surface area contributed by atoms with Gasteiger partial charge in [0.2, 0.25) is 5.91 Å². The van der Waals surface area contributed by atoms with Gasteiger partial charge in [0.15, 0.2) is 0 Å². The van der Waals surface area contributed by atoms with Crippen LogP contribution in [-0.2, 0) is 4.79 Å². The van der Waals surface area contributed by atoms with Gasteiger partial charge in [-0.2, -0.15) is 0 Å². The highest BCUT2D eigenvalue weighted by atomic mass is 16.2. The van der Waals surface area contributed by atoms with Crippen molar-refractivity contribution in [2.45, 2.75) is 45.2 Å². The van der Waals surface area contributed by atoms with Crippen LogP contribution in [0, 0.1) is 5.92 Å². The van der Waals surface area contributed by atoms with Gasteiger partial charge in [0.05, 0.1) is 6.04 Å². The number of nitrogens with zero attached hydrogens (tertiary/aromatic N) is 1. The minimum Gasteiger partial charge on any atom is -0.338 e. The van der Waals surface area contributed by atoms with Gasteiger partial charge in [-0.3, -0.25) is 4.79 Å². The molecule has 3 unspecified atom stereocenters. The summed E-state index contributed by atoms with van der Waals surface area (Å²) < 4.78 is 0. The second-order valence-electron chi connectivity index (χ2n) is 4.83. The molecule has 2 aliphatic rings. The van der Waals surface area contributed by atoms with Crippen LogP contribution in [0.25, 0.3) is 0 Å². The molecular formula is C11H20N2O. The number of hydrogen-bond donors (Lipinski definition) is 1. The molecule has 2 aliphatic heterocycles. The lowest BCUT2D eigenvalue weighted by Crippen LogP contribution is -2.45. The van der Waals surface area contributed by atoms with E-state index >= 15 is 0 Å². The lowest BCUT2D eigenvalue weighted by Gasteiger charge is -2.24. The molecule has 0 aromatic heterocycles. The van der Waals surface area contributed by atoms with Crippen LogP contribution in [0.3, 0.4) is 0 Å². The average molecular weight is 196 g/mol. The van der Waals surface area contributed by atoms with Gasteiger partial charge in [-0.05, 0) is 38.6 Å². The van der Waals surface area contributed by atoms with Crippen molar-refractivity contribution in [2.24, 2.45) is 5.92 Å². The van der Waals surface area contributed by atoms with Crippen molar-refractivity contribution in [2.75, 3.05) is 13.1 Å². The van der Waals surface area contributed by atoms with Crippen LogP contribution in [0.5, 0.6) is 0 Å². The molecule has 2 rings (SSSR count). The number of likely N-dealkylation sites (tertiary alicyclic amines) is 1. The third kappa shape index (κ3) is 1.78. The summed E-state index contributed by atoms with van der Waals surface area (Å²) in [6.07, 6.45) is 3.34. The lowest BCUT2D eigenvalue weighted by atomic mass is 10.1. The van der Waals surface area contributed by atoms with Crippen LogP contribution in [0.2, 0.25) is 0 Å². The first-order valence-corrected chi connectivity index (χ1v) is 5.72. The van der Waals surface area contributed by atoms with Crippen LogP contribution in [0.15, 0.2) is 0 Å². The van der Waals surface area contributed by atoms with E-state index in [2.05, 4.69) is 24.1 Å². The monoisotopic (exact) mass is 196 g/mol. The number of carbonyl (C=O) groups excluding carboxylic acids is 1. The molecule has 2 heterocycles. The molecule has 0 radical (unpaired) electrons. The second kappa shape index (κ2) is 3.89. The predicted octanol–water partition coefficient (Wildman–Crippen LogP) is 0.995. The highest BCUT2D eigenvalue weighted by Gasteiger charge is 2.34. The van der Waals surface area contributed by atoms with Gasteiger partial charge in [0.1, 0.15) is 0 Å². The number of nitrogens with one attached hydrogen (secondary N) is 1. The summed E-state index contributed by atoms with van der Waals surface area (Å²) in [5, 5.41) is 3.28. The molecule has 14 heavy (non-hydrogen) atoms. The van der Waals surface area contributed by atoms with Gasteiger partial charge < -0.3 is 10.2 Å². The maximum atomic E-state index is 12.1. The van der Waals surface area contributed by atoms with E-state index in [1.54, 1.807) is 0 Å². The second-order valence-corrected chi connectivity index (χ2v) is 4.83. The number of hydrogen-bond acceptors (Lipinski definition) is 2. The quantitative estimate of drug-likeness (QED) is 0.678. The minimum absolute atomic E-state index is 0.114. The first kappa shape index (κ1) is 9.97. The molecule has 0 spiro atoms. The van der Waals surface area contributed by atoms with Crippen molar-refractivity contribution in [3.8, 4) is 0 Å².